The van der Waals surface area contributed by atoms with Gasteiger partial charge in [-0.1, -0.05) is 20.8 Å². The van der Waals surface area contributed by atoms with Crippen molar-refractivity contribution in [3.05, 3.63) is 0 Å². The third-order valence-electron chi connectivity index (χ3n) is 3.76. The van der Waals surface area contributed by atoms with E-state index in [0.29, 0.717) is 17.6 Å². The molecule has 102 valence electrons. The van der Waals surface area contributed by atoms with Gasteiger partial charge in [-0.05, 0) is 57.4 Å². The van der Waals surface area contributed by atoms with Gasteiger partial charge in [-0.3, -0.25) is 0 Å². The van der Waals surface area contributed by atoms with Crippen LogP contribution in [0.1, 0.15) is 65.7 Å². The monoisotopic (exact) mass is 241 g/mol. The van der Waals surface area contributed by atoms with E-state index in [4.69, 9.17) is 4.74 Å². The lowest BCUT2D eigenvalue weighted by molar-refractivity contribution is 0.00842. The van der Waals surface area contributed by atoms with Gasteiger partial charge < -0.3 is 10.1 Å². The summed E-state index contributed by atoms with van der Waals surface area (Å²) in [5.41, 5.74) is 0.455. The van der Waals surface area contributed by atoms with E-state index in [2.05, 4.69) is 33.1 Å². The SMILES string of the molecule is CNC(CCC1CCCCO1)CCC(C)(C)C. The van der Waals surface area contributed by atoms with Gasteiger partial charge in [0.2, 0.25) is 0 Å². The maximum atomic E-state index is 5.79. The molecule has 0 aliphatic carbocycles. The quantitative estimate of drug-likeness (QED) is 0.764. The lowest BCUT2D eigenvalue weighted by Crippen LogP contribution is -2.29. The third-order valence-corrected chi connectivity index (χ3v) is 3.76. The van der Waals surface area contributed by atoms with Crippen LogP contribution in [0.3, 0.4) is 0 Å². The molecule has 1 fully saturated rings. The van der Waals surface area contributed by atoms with Crippen molar-refractivity contribution in [3.63, 3.8) is 0 Å². The second-order valence-electron chi connectivity index (χ2n) is 6.65. The van der Waals surface area contributed by atoms with Gasteiger partial charge in [-0.2, -0.15) is 0 Å². The summed E-state index contributed by atoms with van der Waals surface area (Å²) in [5.74, 6) is 0. The topological polar surface area (TPSA) is 21.3 Å². The van der Waals surface area contributed by atoms with E-state index < -0.39 is 0 Å². The van der Waals surface area contributed by atoms with Gasteiger partial charge in [0.25, 0.3) is 0 Å². The van der Waals surface area contributed by atoms with Crippen LogP contribution in [-0.2, 0) is 4.74 Å². The Balaban J connectivity index is 2.17. The van der Waals surface area contributed by atoms with Gasteiger partial charge in [-0.25, -0.2) is 0 Å². The van der Waals surface area contributed by atoms with Gasteiger partial charge in [0.05, 0.1) is 6.10 Å². The molecule has 1 rings (SSSR count). The molecule has 2 nitrogen and oxygen atoms in total. The van der Waals surface area contributed by atoms with E-state index in [1.54, 1.807) is 0 Å². The molecule has 2 atom stereocenters. The summed E-state index contributed by atoms with van der Waals surface area (Å²) >= 11 is 0. The fraction of sp³-hybridized carbons (Fsp3) is 1.00. The third kappa shape index (κ3) is 7.05. The average molecular weight is 241 g/mol. The summed E-state index contributed by atoms with van der Waals surface area (Å²) in [6, 6.07) is 0.666. The average Bonchev–Trinajstić information content (AvgIpc) is 2.29. The van der Waals surface area contributed by atoms with Crippen molar-refractivity contribution in [1.82, 2.24) is 5.32 Å². The first-order valence-corrected chi connectivity index (χ1v) is 7.30. The Morgan fingerprint density at radius 3 is 2.53 bits per heavy atom. The second kappa shape index (κ2) is 7.38. The molecule has 2 heteroatoms. The number of rotatable bonds is 6. The van der Waals surface area contributed by atoms with Crippen LogP contribution >= 0.6 is 0 Å². The van der Waals surface area contributed by atoms with Crippen molar-refractivity contribution in [2.45, 2.75) is 77.9 Å². The van der Waals surface area contributed by atoms with Crippen LogP contribution in [0.5, 0.6) is 0 Å². The molecule has 0 aromatic rings. The Morgan fingerprint density at radius 2 is 2.00 bits per heavy atom. The van der Waals surface area contributed by atoms with Crippen LogP contribution in [0.2, 0.25) is 0 Å². The van der Waals surface area contributed by atoms with E-state index in [-0.39, 0.29) is 0 Å². The molecule has 1 aliphatic heterocycles. The summed E-state index contributed by atoms with van der Waals surface area (Å²) in [7, 11) is 2.09. The van der Waals surface area contributed by atoms with Crippen molar-refractivity contribution in [2.75, 3.05) is 13.7 Å². The van der Waals surface area contributed by atoms with Crippen LogP contribution in [0.4, 0.5) is 0 Å². The van der Waals surface area contributed by atoms with E-state index >= 15 is 0 Å². The first kappa shape index (κ1) is 15.0. The van der Waals surface area contributed by atoms with E-state index in [9.17, 15) is 0 Å². The van der Waals surface area contributed by atoms with Crippen LogP contribution in [0.15, 0.2) is 0 Å². The van der Waals surface area contributed by atoms with Crippen LogP contribution < -0.4 is 5.32 Å². The second-order valence-corrected chi connectivity index (χ2v) is 6.65. The van der Waals surface area contributed by atoms with E-state index in [1.165, 1.54) is 44.9 Å². The van der Waals surface area contributed by atoms with Crippen LogP contribution in [-0.4, -0.2) is 25.8 Å². The molecule has 1 aliphatic rings. The maximum absolute atomic E-state index is 5.79. The van der Waals surface area contributed by atoms with Crippen molar-refractivity contribution in [1.29, 1.82) is 0 Å². The predicted octanol–water partition coefficient (Wildman–Crippen LogP) is 3.75. The Labute approximate surface area is 108 Å². The molecule has 0 amide bonds. The molecule has 0 aromatic heterocycles. The van der Waals surface area contributed by atoms with Gasteiger partial charge in [0.1, 0.15) is 0 Å². The number of ether oxygens (including phenoxy) is 1. The van der Waals surface area contributed by atoms with Crippen LogP contribution in [0, 0.1) is 5.41 Å². The van der Waals surface area contributed by atoms with E-state index in [0.717, 1.165) is 6.61 Å². The molecule has 0 saturated carbocycles. The fourth-order valence-corrected chi connectivity index (χ4v) is 2.46. The number of hydrogen-bond donors (Lipinski definition) is 1. The normalized spacial score (nSPS) is 23.6. The van der Waals surface area contributed by atoms with Gasteiger partial charge in [-0.15, -0.1) is 0 Å². The molecule has 0 aromatic carbocycles. The Hall–Kier alpha value is -0.0800. The zero-order valence-corrected chi connectivity index (χ0v) is 12.2. The standard InChI is InChI=1S/C15H31NO/c1-15(2,3)11-10-13(16-4)8-9-14-7-5-6-12-17-14/h13-14,16H,5-12H2,1-4H3. The molecule has 0 spiro atoms. The molecule has 1 N–H and O–H groups in total. The first-order valence-electron chi connectivity index (χ1n) is 7.30. The highest BCUT2D eigenvalue weighted by Crippen LogP contribution is 2.24. The minimum absolute atomic E-state index is 0.455. The highest BCUT2D eigenvalue weighted by atomic mass is 16.5. The molecule has 2 unspecified atom stereocenters. The van der Waals surface area contributed by atoms with Crippen molar-refractivity contribution >= 4 is 0 Å². The molecular weight excluding hydrogens is 210 g/mol. The summed E-state index contributed by atoms with van der Waals surface area (Å²) in [6.45, 7) is 7.95. The van der Waals surface area contributed by atoms with Crippen molar-refractivity contribution < 1.29 is 4.74 Å². The largest absolute Gasteiger partial charge is 0.378 e. The van der Waals surface area contributed by atoms with Crippen molar-refractivity contribution in [2.24, 2.45) is 5.41 Å². The minimum Gasteiger partial charge on any atom is -0.378 e. The zero-order chi connectivity index (χ0) is 12.7. The van der Waals surface area contributed by atoms with Gasteiger partial charge in [0, 0.05) is 12.6 Å². The lowest BCUT2D eigenvalue weighted by atomic mass is 9.87. The smallest absolute Gasteiger partial charge is 0.0575 e. The predicted molar refractivity (Wildman–Crippen MR) is 74.4 cm³/mol. The van der Waals surface area contributed by atoms with Crippen molar-refractivity contribution in [3.8, 4) is 0 Å². The summed E-state index contributed by atoms with van der Waals surface area (Å²) in [6.07, 6.45) is 9.50. The Kier molecular flexibility index (Phi) is 6.50. The molecule has 17 heavy (non-hydrogen) atoms. The molecule has 0 bridgehead atoms. The summed E-state index contributed by atoms with van der Waals surface area (Å²) in [4.78, 5) is 0. The highest BCUT2D eigenvalue weighted by Gasteiger charge is 2.18. The summed E-state index contributed by atoms with van der Waals surface area (Å²) in [5, 5.41) is 3.46. The maximum Gasteiger partial charge on any atom is 0.0575 e. The molecule has 1 saturated heterocycles. The van der Waals surface area contributed by atoms with E-state index in [1.807, 2.05) is 0 Å². The zero-order valence-electron chi connectivity index (χ0n) is 12.2. The minimum atomic E-state index is 0.455. The van der Waals surface area contributed by atoms with Gasteiger partial charge in [0.15, 0.2) is 0 Å². The molecule has 0 radical (unpaired) electrons. The highest BCUT2D eigenvalue weighted by molar-refractivity contribution is 4.73. The molecular formula is C15H31NO. The Morgan fingerprint density at radius 1 is 1.24 bits per heavy atom. The fourth-order valence-electron chi connectivity index (χ4n) is 2.46. The molecule has 1 heterocycles. The summed E-state index contributed by atoms with van der Waals surface area (Å²) < 4.78 is 5.79. The number of nitrogens with one attached hydrogen (secondary N) is 1. The van der Waals surface area contributed by atoms with Gasteiger partial charge >= 0.3 is 0 Å². The first-order chi connectivity index (χ1) is 8.01. The number of hydrogen-bond acceptors (Lipinski definition) is 2. The lowest BCUT2D eigenvalue weighted by Gasteiger charge is -2.26. The van der Waals surface area contributed by atoms with Crippen LogP contribution in [0.25, 0.3) is 0 Å². The Bertz CT molecular complexity index is 192.